The molecule has 142 valence electrons. The van der Waals surface area contributed by atoms with E-state index in [0.29, 0.717) is 7.14 Å². The number of hydrogen-bond acceptors (Lipinski definition) is 5. The highest BCUT2D eigenvalue weighted by Gasteiger charge is 2.22. The van der Waals surface area contributed by atoms with E-state index in [4.69, 9.17) is 5.26 Å². The molecular weight excluding hydrogens is 591 g/mol. The first-order valence-electron chi connectivity index (χ1n) is 7.65. The number of aliphatic hydroxyl groups is 1. The molecule has 2 rings (SSSR count). The number of carbonyl (C=O) groups is 1. The van der Waals surface area contributed by atoms with Crippen LogP contribution in [-0.4, -0.2) is 28.1 Å². The van der Waals surface area contributed by atoms with Gasteiger partial charge in [-0.05, 0) is 75.5 Å². The van der Waals surface area contributed by atoms with Crippen LogP contribution in [0, 0.1) is 35.6 Å². The molecule has 0 aliphatic carbocycles. The Kier molecular flexibility index (Phi) is 7.21. The van der Waals surface area contributed by atoms with Gasteiger partial charge in [0.1, 0.15) is 23.4 Å². The minimum Gasteiger partial charge on any atom is -0.506 e. The van der Waals surface area contributed by atoms with Crippen molar-refractivity contribution in [2.75, 3.05) is 7.05 Å². The number of aromatic hydroxyl groups is 1. The van der Waals surface area contributed by atoms with Crippen LogP contribution in [0.2, 0.25) is 0 Å². The van der Waals surface area contributed by atoms with Crippen LogP contribution in [0.3, 0.4) is 0 Å². The zero-order chi connectivity index (χ0) is 21.0. The first kappa shape index (κ1) is 21.9. The van der Waals surface area contributed by atoms with Crippen LogP contribution in [0.1, 0.15) is 16.7 Å². The van der Waals surface area contributed by atoms with Crippen molar-refractivity contribution in [2.45, 2.75) is 6.54 Å². The lowest BCUT2D eigenvalue weighted by Gasteiger charge is -2.18. The molecule has 0 atom stereocenters. The molecule has 0 aliphatic heterocycles. The van der Waals surface area contributed by atoms with Crippen molar-refractivity contribution in [1.82, 2.24) is 4.90 Å². The molecular formula is C19H12FI2N3O3. The predicted octanol–water partition coefficient (Wildman–Crippen LogP) is 4.06. The second-order valence-electron chi connectivity index (χ2n) is 5.70. The molecule has 0 heterocycles. The molecule has 2 N–H and O–H groups in total. The van der Waals surface area contributed by atoms with Crippen molar-refractivity contribution in [3.63, 3.8) is 0 Å². The highest BCUT2D eigenvalue weighted by molar-refractivity contribution is 14.1. The summed E-state index contributed by atoms with van der Waals surface area (Å²) in [4.78, 5) is 13.7. The SMILES string of the molecule is CN(Cc1cc(C#N)ccc1F)C(=O)/C(C#N)=C(\O)c1cc(I)c(O)c(I)c1. The lowest BCUT2D eigenvalue weighted by molar-refractivity contribution is -0.126. The standard InChI is InChI=1S/C19H12FI2N3O3/c1-25(9-12-4-10(7-23)2-3-14(12)20)19(28)13(8-24)17(26)11-5-15(21)18(27)16(22)6-11/h2-6,26-27H,9H2,1H3/b17-13-. The maximum atomic E-state index is 14.0. The molecule has 9 heteroatoms. The van der Waals surface area contributed by atoms with Crippen molar-refractivity contribution in [2.24, 2.45) is 0 Å². The number of nitriles is 2. The number of rotatable bonds is 4. The normalized spacial score (nSPS) is 11.2. The lowest BCUT2D eigenvalue weighted by atomic mass is 10.1. The van der Waals surface area contributed by atoms with E-state index in [1.807, 2.05) is 51.3 Å². The van der Waals surface area contributed by atoms with Crippen molar-refractivity contribution in [3.8, 4) is 17.9 Å². The number of phenols is 1. The Labute approximate surface area is 187 Å². The predicted molar refractivity (Wildman–Crippen MR) is 116 cm³/mol. The van der Waals surface area contributed by atoms with Crippen molar-refractivity contribution in [1.29, 1.82) is 10.5 Å². The van der Waals surface area contributed by atoms with E-state index in [0.717, 1.165) is 11.0 Å². The molecule has 0 saturated heterocycles. The lowest BCUT2D eigenvalue weighted by Crippen LogP contribution is -2.28. The molecule has 2 aromatic rings. The van der Waals surface area contributed by atoms with Crippen LogP contribution in [-0.2, 0) is 11.3 Å². The third-order valence-electron chi connectivity index (χ3n) is 3.78. The fourth-order valence-corrected chi connectivity index (χ4v) is 4.10. The number of amides is 1. The number of halogens is 3. The van der Waals surface area contributed by atoms with Gasteiger partial charge in [-0.25, -0.2) is 4.39 Å². The fraction of sp³-hybridized carbons (Fsp3) is 0.105. The Morgan fingerprint density at radius 1 is 1.21 bits per heavy atom. The number of carbonyl (C=O) groups excluding carboxylic acids is 1. The van der Waals surface area contributed by atoms with Gasteiger partial charge in [0.05, 0.1) is 18.8 Å². The van der Waals surface area contributed by atoms with E-state index < -0.39 is 23.1 Å². The summed E-state index contributed by atoms with van der Waals surface area (Å²) in [6.07, 6.45) is 0. The summed E-state index contributed by atoms with van der Waals surface area (Å²) in [6, 6.07) is 10.2. The Morgan fingerprint density at radius 2 is 1.82 bits per heavy atom. The Morgan fingerprint density at radius 3 is 2.36 bits per heavy atom. The summed E-state index contributed by atoms with van der Waals surface area (Å²) < 4.78 is 14.9. The molecule has 0 bridgehead atoms. The second kappa shape index (κ2) is 9.21. The molecule has 0 fully saturated rings. The van der Waals surface area contributed by atoms with Gasteiger partial charge < -0.3 is 15.1 Å². The molecule has 28 heavy (non-hydrogen) atoms. The number of phenolic OH excluding ortho intramolecular Hbond substituents is 1. The number of aliphatic hydroxyl groups excluding tert-OH is 1. The minimum absolute atomic E-state index is 0.0348. The van der Waals surface area contributed by atoms with Gasteiger partial charge in [-0.2, -0.15) is 10.5 Å². The van der Waals surface area contributed by atoms with Crippen LogP contribution in [0.25, 0.3) is 5.76 Å². The highest BCUT2D eigenvalue weighted by Crippen LogP contribution is 2.30. The molecule has 2 aromatic carbocycles. The average Bonchev–Trinajstić information content (AvgIpc) is 2.67. The number of hydrogen-bond donors (Lipinski definition) is 2. The Bertz CT molecular complexity index is 1050. The maximum absolute atomic E-state index is 14.0. The van der Waals surface area contributed by atoms with Crippen LogP contribution >= 0.6 is 45.2 Å². The van der Waals surface area contributed by atoms with Crippen molar-refractivity contribution < 1.29 is 19.4 Å². The maximum Gasteiger partial charge on any atom is 0.268 e. The molecule has 1 amide bonds. The van der Waals surface area contributed by atoms with Crippen molar-refractivity contribution >= 4 is 56.8 Å². The summed E-state index contributed by atoms with van der Waals surface area (Å²) >= 11 is 3.73. The topological polar surface area (TPSA) is 108 Å². The molecule has 6 nitrogen and oxygen atoms in total. The van der Waals surface area contributed by atoms with Gasteiger partial charge in [-0.3, -0.25) is 4.79 Å². The number of nitrogens with zero attached hydrogens (tertiary/aromatic N) is 3. The zero-order valence-electron chi connectivity index (χ0n) is 14.4. The van der Waals surface area contributed by atoms with Gasteiger partial charge in [-0.1, -0.05) is 0 Å². The summed E-state index contributed by atoms with van der Waals surface area (Å²) in [7, 11) is 1.36. The van der Waals surface area contributed by atoms with Gasteiger partial charge in [0, 0.05) is 24.7 Å². The van der Waals surface area contributed by atoms with Gasteiger partial charge >= 0.3 is 0 Å². The molecule has 0 radical (unpaired) electrons. The summed E-state index contributed by atoms with van der Waals surface area (Å²) in [6.45, 7) is -0.191. The third kappa shape index (κ3) is 4.72. The van der Waals surface area contributed by atoms with Gasteiger partial charge in [0.15, 0.2) is 5.57 Å². The van der Waals surface area contributed by atoms with Crippen LogP contribution < -0.4 is 0 Å². The summed E-state index contributed by atoms with van der Waals surface area (Å²) in [5, 5.41) is 38.6. The van der Waals surface area contributed by atoms with Crippen LogP contribution in [0.15, 0.2) is 35.9 Å². The number of likely N-dealkylation sites (N-methyl/N-ethyl adjacent to an activating group) is 1. The fourth-order valence-electron chi connectivity index (χ4n) is 2.33. The van der Waals surface area contributed by atoms with Gasteiger partial charge in [0.25, 0.3) is 5.91 Å². The zero-order valence-corrected chi connectivity index (χ0v) is 18.7. The minimum atomic E-state index is -0.806. The highest BCUT2D eigenvalue weighted by atomic mass is 127. The van der Waals surface area contributed by atoms with E-state index in [-0.39, 0.29) is 29.0 Å². The Balaban J connectivity index is 2.38. The first-order chi connectivity index (χ1) is 13.2. The van der Waals surface area contributed by atoms with Gasteiger partial charge in [0.2, 0.25) is 0 Å². The Hall–Kier alpha value is -2.38. The van der Waals surface area contributed by atoms with Crippen molar-refractivity contribution in [3.05, 3.63) is 65.6 Å². The van der Waals surface area contributed by atoms with E-state index in [1.165, 1.54) is 31.3 Å². The molecule has 0 aromatic heterocycles. The van der Waals surface area contributed by atoms with E-state index in [1.54, 1.807) is 6.07 Å². The monoisotopic (exact) mass is 603 g/mol. The summed E-state index contributed by atoms with van der Waals surface area (Å²) in [5.74, 6) is -1.90. The first-order valence-corrected chi connectivity index (χ1v) is 9.81. The quantitative estimate of drug-likeness (QED) is 0.237. The summed E-state index contributed by atoms with van der Waals surface area (Å²) in [5.41, 5.74) is 0.0315. The van der Waals surface area contributed by atoms with Crippen LogP contribution in [0.5, 0.6) is 5.75 Å². The largest absolute Gasteiger partial charge is 0.506 e. The molecule has 0 aliphatic rings. The molecule has 0 spiro atoms. The molecule has 0 saturated carbocycles. The van der Waals surface area contributed by atoms with Crippen LogP contribution in [0.4, 0.5) is 4.39 Å². The number of benzene rings is 2. The third-order valence-corrected chi connectivity index (χ3v) is 5.43. The average molecular weight is 603 g/mol. The van der Waals surface area contributed by atoms with E-state index in [2.05, 4.69) is 0 Å². The van der Waals surface area contributed by atoms with Gasteiger partial charge in [-0.15, -0.1) is 0 Å². The smallest absolute Gasteiger partial charge is 0.268 e. The van der Waals surface area contributed by atoms with E-state index >= 15 is 0 Å². The van der Waals surface area contributed by atoms with E-state index in [9.17, 15) is 24.7 Å². The second-order valence-corrected chi connectivity index (χ2v) is 8.03. The molecule has 0 unspecified atom stereocenters.